The first-order chi connectivity index (χ1) is 20.0. The number of aryl methyl sites for hydroxylation is 1. The van der Waals surface area contributed by atoms with Crippen LogP contribution in [0.15, 0.2) is 66.3 Å². The average molecular weight is 594 g/mol. The fraction of sp³-hybridized carbons (Fsp3) is 0.500. The van der Waals surface area contributed by atoms with E-state index in [4.69, 9.17) is 20.0 Å². The normalized spacial score (nSPS) is 16.0. The van der Waals surface area contributed by atoms with E-state index in [1.807, 2.05) is 75.2 Å². The van der Waals surface area contributed by atoms with Crippen LogP contribution in [0.2, 0.25) is 0 Å². The van der Waals surface area contributed by atoms with Gasteiger partial charge in [0.25, 0.3) is 0 Å². The summed E-state index contributed by atoms with van der Waals surface area (Å²) in [6.45, 7) is 12.1. The number of carboxylic acids is 1. The van der Waals surface area contributed by atoms with Gasteiger partial charge in [0, 0.05) is 6.54 Å². The fourth-order valence-electron chi connectivity index (χ4n) is 3.84. The molecule has 2 N–H and O–H groups in total. The summed E-state index contributed by atoms with van der Waals surface area (Å²) in [5.41, 5.74) is 3.49. The van der Waals surface area contributed by atoms with Gasteiger partial charge in [-0.05, 0) is 63.3 Å². The second-order valence-corrected chi connectivity index (χ2v) is 8.72. The molecule has 1 aliphatic heterocycles. The van der Waals surface area contributed by atoms with Crippen LogP contribution in [0.3, 0.4) is 0 Å². The molecule has 3 atom stereocenters. The topological polar surface area (TPSA) is 158 Å². The standard InChI is InChI=1S/C14H19NO3.C13H19NO2.C2H6.CH3NO4/c1-11(10-16)15-13(14(17)18-2)9-8-12-6-4-3-5-7-12;1-4-6-11-7-8-12(13(15)16)14(3)9-10(11)5-2;1-2;1-5-6-2(3)4/h3-7,10-11,13,15H,8-9H2,1-2H3;4-6,12H,2,7-9H2,1,3H3,(H,15,16);1-2H3;1H3/b;6-4-;;. The molecule has 0 spiro atoms. The zero-order valence-electron chi connectivity index (χ0n) is 25.8. The lowest BCUT2D eigenvalue weighted by Gasteiger charge is -2.21. The van der Waals surface area contributed by atoms with Gasteiger partial charge in [0.2, 0.25) is 0 Å². The van der Waals surface area contributed by atoms with E-state index in [1.165, 1.54) is 12.7 Å². The Morgan fingerprint density at radius 1 is 1.24 bits per heavy atom. The van der Waals surface area contributed by atoms with Crippen molar-refractivity contribution in [3.63, 3.8) is 0 Å². The van der Waals surface area contributed by atoms with Crippen molar-refractivity contribution in [2.45, 2.75) is 71.5 Å². The van der Waals surface area contributed by atoms with Gasteiger partial charge in [-0.25, -0.2) is 4.89 Å². The first-order valence-electron chi connectivity index (χ1n) is 13.6. The minimum atomic E-state index is -1.04. The van der Waals surface area contributed by atoms with Gasteiger partial charge in [-0.1, -0.05) is 69.0 Å². The molecule has 2 rings (SSSR count). The molecule has 236 valence electrons. The molecule has 0 amide bonds. The molecule has 1 aromatic carbocycles. The highest BCUT2D eigenvalue weighted by atomic mass is 17.3. The molecule has 12 nitrogen and oxygen atoms in total. The van der Waals surface area contributed by atoms with E-state index in [2.05, 4.69) is 27.8 Å². The number of hydrogen-bond acceptors (Lipinski definition) is 10. The zero-order chi connectivity index (χ0) is 32.5. The number of nitrogens with one attached hydrogen (secondary N) is 1. The predicted molar refractivity (Wildman–Crippen MR) is 161 cm³/mol. The van der Waals surface area contributed by atoms with Gasteiger partial charge in [-0.2, -0.15) is 0 Å². The first kappa shape index (κ1) is 40.3. The monoisotopic (exact) mass is 593 g/mol. The third-order valence-corrected chi connectivity index (χ3v) is 5.80. The molecule has 0 aromatic heterocycles. The van der Waals surface area contributed by atoms with E-state index in [1.54, 1.807) is 6.92 Å². The number of nitrogens with zero attached hydrogens (tertiary/aromatic N) is 2. The number of allylic oxidation sites excluding steroid dienone is 3. The van der Waals surface area contributed by atoms with Crippen molar-refractivity contribution in [1.29, 1.82) is 0 Å². The lowest BCUT2D eigenvalue weighted by Crippen LogP contribution is -2.43. The van der Waals surface area contributed by atoms with Gasteiger partial charge >= 0.3 is 17.0 Å². The molecule has 12 heteroatoms. The van der Waals surface area contributed by atoms with Crippen LogP contribution in [0.1, 0.15) is 52.5 Å². The van der Waals surface area contributed by atoms with Crippen LogP contribution < -0.4 is 5.32 Å². The van der Waals surface area contributed by atoms with E-state index in [9.17, 15) is 14.4 Å². The fourth-order valence-corrected chi connectivity index (χ4v) is 3.84. The van der Waals surface area contributed by atoms with Gasteiger partial charge in [0.15, 0.2) is 0 Å². The number of aliphatic carboxylic acids is 1. The molecule has 0 aliphatic carbocycles. The van der Waals surface area contributed by atoms with Crippen molar-refractivity contribution in [3.05, 3.63) is 82.0 Å². The summed E-state index contributed by atoms with van der Waals surface area (Å²) in [4.78, 5) is 51.1. The second kappa shape index (κ2) is 24.9. The number of carbonyl (C=O) groups excluding carboxylic acids is 2. The first-order valence-corrected chi connectivity index (χ1v) is 13.6. The molecule has 0 radical (unpaired) electrons. The van der Waals surface area contributed by atoms with Crippen LogP contribution in [-0.2, 0) is 35.4 Å². The van der Waals surface area contributed by atoms with Gasteiger partial charge in [-0.3, -0.25) is 19.8 Å². The van der Waals surface area contributed by atoms with Crippen molar-refractivity contribution >= 4 is 18.2 Å². The number of carboxylic acid groups (broad SMARTS) is 1. The number of ether oxygens (including phenoxy) is 1. The zero-order valence-corrected chi connectivity index (χ0v) is 25.8. The Bertz CT molecular complexity index is 997. The molecular formula is C30H47N3O9. The van der Waals surface area contributed by atoms with Crippen LogP contribution in [0.25, 0.3) is 0 Å². The highest BCUT2D eigenvalue weighted by molar-refractivity contribution is 5.76. The molecule has 0 bridgehead atoms. The van der Waals surface area contributed by atoms with Gasteiger partial charge in [0.1, 0.15) is 18.4 Å². The van der Waals surface area contributed by atoms with Crippen molar-refractivity contribution in [3.8, 4) is 0 Å². The Morgan fingerprint density at radius 3 is 2.29 bits per heavy atom. The quantitative estimate of drug-likeness (QED) is 0.117. The molecular weight excluding hydrogens is 546 g/mol. The van der Waals surface area contributed by atoms with E-state index in [0.29, 0.717) is 19.4 Å². The molecule has 1 aliphatic rings. The largest absolute Gasteiger partial charge is 0.480 e. The molecule has 0 saturated heterocycles. The number of rotatable bonds is 12. The average Bonchev–Trinajstić information content (AvgIpc) is 3.15. The minimum absolute atomic E-state index is 0.334. The van der Waals surface area contributed by atoms with Gasteiger partial charge < -0.3 is 14.6 Å². The SMILES string of the molecule is C=CC1=C(/C=C\C)CCC(C(=O)O)N(C)C1.CC.COC(=O)C(CCc1ccccc1)NC(C)C=O.COO[N+](=O)[O-]. The number of aldehydes is 1. The van der Waals surface area contributed by atoms with Crippen molar-refractivity contribution < 1.29 is 39.2 Å². The Morgan fingerprint density at radius 2 is 1.86 bits per heavy atom. The van der Waals surface area contributed by atoms with Crippen LogP contribution in [0, 0.1) is 10.1 Å². The van der Waals surface area contributed by atoms with E-state index < -0.39 is 23.1 Å². The van der Waals surface area contributed by atoms with Crippen LogP contribution in [0.4, 0.5) is 0 Å². The van der Waals surface area contributed by atoms with Crippen LogP contribution >= 0.6 is 0 Å². The van der Waals surface area contributed by atoms with Crippen LogP contribution in [-0.4, -0.2) is 79.3 Å². The number of benzene rings is 1. The number of esters is 1. The Labute approximate surface area is 249 Å². The number of methoxy groups -OCH3 is 1. The summed E-state index contributed by atoms with van der Waals surface area (Å²) in [5.74, 6) is -1.08. The third-order valence-electron chi connectivity index (χ3n) is 5.80. The lowest BCUT2D eigenvalue weighted by atomic mass is 10.0. The summed E-state index contributed by atoms with van der Waals surface area (Å²) < 4.78 is 4.73. The van der Waals surface area contributed by atoms with E-state index >= 15 is 0 Å². The summed E-state index contributed by atoms with van der Waals surface area (Å²) >= 11 is 0. The van der Waals surface area contributed by atoms with Crippen molar-refractivity contribution in [1.82, 2.24) is 10.2 Å². The molecule has 0 saturated carbocycles. The van der Waals surface area contributed by atoms with Crippen molar-refractivity contribution in [2.75, 3.05) is 27.8 Å². The predicted octanol–water partition coefficient (Wildman–Crippen LogP) is 4.34. The maximum atomic E-state index is 11.6. The lowest BCUT2D eigenvalue weighted by molar-refractivity contribution is -0.847. The van der Waals surface area contributed by atoms with E-state index in [-0.39, 0.29) is 12.0 Å². The highest BCUT2D eigenvalue weighted by Gasteiger charge is 2.26. The molecule has 42 heavy (non-hydrogen) atoms. The number of likely N-dealkylation sites (N-methyl/N-ethyl adjacent to an activating group) is 1. The smallest absolute Gasteiger partial charge is 0.322 e. The Balaban J connectivity index is 0. The molecule has 0 fully saturated rings. The number of hydrogen-bond donors (Lipinski definition) is 2. The Hall–Kier alpha value is -3.87. The summed E-state index contributed by atoms with van der Waals surface area (Å²) in [6, 6.07) is 8.70. The summed E-state index contributed by atoms with van der Waals surface area (Å²) in [7, 11) is 4.26. The summed E-state index contributed by atoms with van der Waals surface area (Å²) in [6.07, 6.45) is 9.47. The molecule has 1 heterocycles. The van der Waals surface area contributed by atoms with Crippen LogP contribution in [0.5, 0.6) is 0 Å². The molecule has 1 aromatic rings. The minimum Gasteiger partial charge on any atom is -0.480 e. The second-order valence-electron chi connectivity index (χ2n) is 8.72. The maximum Gasteiger partial charge on any atom is 0.322 e. The highest BCUT2D eigenvalue weighted by Crippen LogP contribution is 2.23. The Kier molecular flexibility index (Phi) is 23.9. The van der Waals surface area contributed by atoms with Crippen molar-refractivity contribution in [2.24, 2.45) is 0 Å². The summed E-state index contributed by atoms with van der Waals surface area (Å²) in [5, 5.41) is 20.1. The third kappa shape index (κ3) is 17.7. The number of carbonyl (C=O) groups is 3. The van der Waals surface area contributed by atoms with Gasteiger partial charge in [0.05, 0.1) is 20.3 Å². The molecule has 3 unspecified atom stereocenters. The van der Waals surface area contributed by atoms with E-state index in [0.717, 1.165) is 37.4 Å². The maximum absolute atomic E-state index is 11.6. The van der Waals surface area contributed by atoms with Gasteiger partial charge in [-0.15, -0.1) is 15.1 Å².